The fourth-order valence-electron chi connectivity index (χ4n) is 4.50. The average molecular weight is 344 g/mol. The summed E-state index contributed by atoms with van der Waals surface area (Å²) in [7, 11) is 0. The van der Waals surface area contributed by atoms with Crippen molar-refractivity contribution >= 4 is 5.91 Å². The molecule has 1 aromatic rings. The minimum atomic E-state index is -0.890. The van der Waals surface area contributed by atoms with Gasteiger partial charge in [-0.15, -0.1) is 0 Å². The molecule has 2 aliphatic rings. The van der Waals surface area contributed by atoms with Crippen LogP contribution < -0.4 is 5.32 Å². The summed E-state index contributed by atoms with van der Waals surface area (Å²) < 4.78 is 0. The number of hydrogen-bond acceptors (Lipinski definition) is 3. The van der Waals surface area contributed by atoms with Gasteiger partial charge >= 0.3 is 0 Å². The Morgan fingerprint density at radius 2 is 1.96 bits per heavy atom. The molecule has 4 nitrogen and oxygen atoms in total. The van der Waals surface area contributed by atoms with Crippen LogP contribution in [0, 0.1) is 5.92 Å². The lowest BCUT2D eigenvalue weighted by atomic mass is 9.79. The number of aliphatic hydroxyl groups is 1. The maximum absolute atomic E-state index is 12.8. The predicted molar refractivity (Wildman–Crippen MR) is 100 cm³/mol. The Labute approximate surface area is 151 Å². The molecule has 2 fully saturated rings. The summed E-state index contributed by atoms with van der Waals surface area (Å²) >= 11 is 0. The van der Waals surface area contributed by atoms with Gasteiger partial charge in [-0.05, 0) is 44.7 Å². The molecule has 0 bridgehead atoms. The molecule has 3 rings (SSSR count). The molecule has 138 valence electrons. The summed E-state index contributed by atoms with van der Waals surface area (Å²) in [5, 5.41) is 14.4. The number of carbonyl (C=O) groups excluding carboxylic acids is 1. The molecule has 3 atom stereocenters. The fraction of sp³-hybridized carbons (Fsp3) is 0.667. The SMILES string of the molecule is CCCN1CCC(C)(O)C(NC(=O)C2CCCC2)C1c1ccccc1. The third-order valence-corrected chi connectivity index (χ3v) is 5.96. The molecule has 0 radical (unpaired) electrons. The van der Waals surface area contributed by atoms with E-state index in [4.69, 9.17) is 0 Å². The van der Waals surface area contributed by atoms with Gasteiger partial charge in [-0.1, -0.05) is 50.1 Å². The quantitative estimate of drug-likeness (QED) is 0.862. The van der Waals surface area contributed by atoms with E-state index in [1.807, 2.05) is 25.1 Å². The highest BCUT2D eigenvalue weighted by Crippen LogP contribution is 2.37. The van der Waals surface area contributed by atoms with Crippen molar-refractivity contribution in [3.63, 3.8) is 0 Å². The van der Waals surface area contributed by atoms with E-state index in [2.05, 4.69) is 29.3 Å². The minimum absolute atomic E-state index is 0.0234. The highest BCUT2D eigenvalue weighted by atomic mass is 16.3. The maximum atomic E-state index is 12.8. The molecule has 1 aliphatic heterocycles. The number of rotatable bonds is 5. The summed E-state index contributed by atoms with van der Waals surface area (Å²) in [6.45, 7) is 5.90. The van der Waals surface area contributed by atoms with Crippen molar-refractivity contribution in [1.29, 1.82) is 0 Å². The average Bonchev–Trinajstić information content (AvgIpc) is 3.14. The largest absolute Gasteiger partial charge is 0.388 e. The lowest BCUT2D eigenvalue weighted by Gasteiger charge is -2.49. The van der Waals surface area contributed by atoms with Gasteiger partial charge < -0.3 is 10.4 Å². The fourth-order valence-corrected chi connectivity index (χ4v) is 4.50. The van der Waals surface area contributed by atoms with Crippen molar-refractivity contribution in [2.24, 2.45) is 5.92 Å². The zero-order chi connectivity index (χ0) is 17.9. The minimum Gasteiger partial charge on any atom is -0.388 e. The summed E-state index contributed by atoms with van der Waals surface area (Å²) in [5.74, 6) is 0.246. The van der Waals surface area contributed by atoms with E-state index in [1.165, 1.54) is 5.56 Å². The number of amides is 1. The second-order valence-corrected chi connectivity index (χ2v) is 7.97. The first kappa shape index (κ1) is 18.4. The van der Waals surface area contributed by atoms with Crippen molar-refractivity contribution in [1.82, 2.24) is 10.2 Å². The molecule has 1 aromatic carbocycles. The van der Waals surface area contributed by atoms with Crippen LogP contribution in [0.5, 0.6) is 0 Å². The highest BCUT2D eigenvalue weighted by molar-refractivity contribution is 5.79. The number of benzene rings is 1. The zero-order valence-corrected chi connectivity index (χ0v) is 15.6. The molecule has 3 unspecified atom stereocenters. The van der Waals surface area contributed by atoms with Gasteiger partial charge in [-0.2, -0.15) is 0 Å². The van der Waals surface area contributed by atoms with E-state index in [1.54, 1.807) is 0 Å². The van der Waals surface area contributed by atoms with E-state index in [9.17, 15) is 9.90 Å². The van der Waals surface area contributed by atoms with Gasteiger partial charge in [0.05, 0.1) is 17.7 Å². The molecule has 1 saturated carbocycles. The standard InChI is InChI=1S/C21H32N2O2/c1-3-14-23-15-13-21(2,25)19(18(23)16-9-5-4-6-10-16)22-20(24)17-11-7-8-12-17/h4-6,9-10,17-19,25H,3,7-8,11-15H2,1-2H3,(H,22,24). The molecule has 2 N–H and O–H groups in total. The van der Waals surface area contributed by atoms with E-state index >= 15 is 0 Å². The number of carbonyl (C=O) groups is 1. The topological polar surface area (TPSA) is 52.6 Å². The Hall–Kier alpha value is -1.39. The van der Waals surface area contributed by atoms with Gasteiger partial charge in [0, 0.05) is 12.5 Å². The first-order valence-corrected chi connectivity index (χ1v) is 9.84. The molecule has 1 amide bonds. The Morgan fingerprint density at radius 3 is 2.60 bits per heavy atom. The molecule has 0 spiro atoms. The third-order valence-electron chi connectivity index (χ3n) is 5.96. The predicted octanol–water partition coefficient (Wildman–Crippen LogP) is 3.27. The van der Waals surface area contributed by atoms with Crippen LogP contribution in [0.1, 0.15) is 64.0 Å². The molecule has 0 aromatic heterocycles. The summed E-state index contributed by atoms with van der Waals surface area (Å²) in [4.78, 5) is 15.2. The van der Waals surface area contributed by atoms with Gasteiger partial charge in [-0.3, -0.25) is 9.69 Å². The zero-order valence-electron chi connectivity index (χ0n) is 15.6. The number of hydrogen-bond donors (Lipinski definition) is 2. The Morgan fingerprint density at radius 1 is 1.28 bits per heavy atom. The molecular weight excluding hydrogens is 312 g/mol. The van der Waals surface area contributed by atoms with Crippen LogP contribution in [0.15, 0.2) is 30.3 Å². The highest BCUT2D eigenvalue weighted by Gasteiger charge is 2.46. The van der Waals surface area contributed by atoms with Crippen LogP contribution >= 0.6 is 0 Å². The third kappa shape index (κ3) is 4.06. The Kier molecular flexibility index (Phi) is 5.80. The van der Waals surface area contributed by atoms with Gasteiger partial charge in [0.1, 0.15) is 0 Å². The van der Waals surface area contributed by atoms with Gasteiger partial charge in [0.2, 0.25) is 5.91 Å². The van der Waals surface area contributed by atoms with Crippen LogP contribution in [0.3, 0.4) is 0 Å². The van der Waals surface area contributed by atoms with Crippen LogP contribution in [0.4, 0.5) is 0 Å². The van der Waals surface area contributed by atoms with E-state index in [-0.39, 0.29) is 23.9 Å². The van der Waals surface area contributed by atoms with Crippen LogP contribution in [-0.4, -0.2) is 40.6 Å². The molecule has 25 heavy (non-hydrogen) atoms. The second-order valence-electron chi connectivity index (χ2n) is 7.97. The smallest absolute Gasteiger partial charge is 0.223 e. The van der Waals surface area contributed by atoms with Crippen molar-refractivity contribution in [2.45, 2.75) is 70.1 Å². The number of likely N-dealkylation sites (tertiary alicyclic amines) is 1. The maximum Gasteiger partial charge on any atom is 0.223 e. The first-order valence-electron chi connectivity index (χ1n) is 9.84. The summed E-state index contributed by atoms with van der Waals surface area (Å²) in [6.07, 6.45) is 6.00. The summed E-state index contributed by atoms with van der Waals surface area (Å²) in [6, 6.07) is 10.1. The molecular formula is C21H32N2O2. The Balaban J connectivity index is 1.88. The lowest BCUT2D eigenvalue weighted by Crippen LogP contribution is -2.63. The lowest BCUT2D eigenvalue weighted by molar-refractivity contribution is -0.132. The van der Waals surface area contributed by atoms with Crippen molar-refractivity contribution in [2.75, 3.05) is 13.1 Å². The molecule has 1 heterocycles. The molecule has 1 saturated heterocycles. The van der Waals surface area contributed by atoms with Crippen LogP contribution in [0.25, 0.3) is 0 Å². The summed E-state index contributed by atoms with van der Waals surface area (Å²) in [5.41, 5.74) is 0.284. The van der Waals surface area contributed by atoms with Crippen LogP contribution in [0.2, 0.25) is 0 Å². The van der Waals surface area contributed by atoms with Crippen molar-refractivity contribution < 1.29 is 9.90 Å². The van der Waals surface area contributed by atoms with E-state index < -0.39 is 5.60 Å². The molecule has 4 heteroatoms. The first-order chi connectivity index (χ1) is 12.0. The second kappa shape index (κ2) is 7.88. The monoisotopic (exact) mass is 344 g/mol. The van der Waals surface area contributed by atoms with Gasteiger partial charge in [0.25, 0.3) is 0 Å². The number of nitrogens with one attached hydrogen (secondary N) is 1. The number of piperidine rings is 1. The number of nitrogens with zero attached hydrogens (tertiary/aromatic N) is 1. The van der Waals surface area contributed by atoms with Gasteiger partial charge in [-0.25, -0.2) is 0 Å². The Bertz CT molecular complexity index is 567. The molecule has 1 aliphatic carbocycles. The van der Waals surface area contributed by atoms with Crippen LogP contribution in [-0.2, 0) is 4.79 Å². The normalized spacial score (nSPS) is 31.2. The van der Waals surface area contributed by atoms with Crippen molar-refractivity contribution in [3.8, 4) is 0 Å². The van der Waals surface area contributed by atoms with Crippen molar-refractivity contribution in [3.05, 3.63) is 35.9 Å². The van der Waals surface area contributed by atoms with E-state index in [0.717, 1.165) is 45.2 Å². The van der Waals surface area contributed by atoms with E-state index in [0.29, 0.717) is 6.42 Å². The van der Waals surface area contributed by atoms with Gasteiger partial charge in [0.15, 0.2) is 0 Å².